The Bertz CT molecular complexity index is 432. The van der Waals surface area contributed by atoms with Crippen LogP contribution in [0, 0.1) is 5.92 Å². The fraction of sp³-hybridized carbons (Fsp3) is 0.455. The number of carbonyl (C=O) groups is 1. The molecular formula is C11H13NO3. The third-order valence-corrected chi connectivity index (χ3v) is 2.72. The molecule has 1 heterocycles. The number of hydrogen-bond donors (Lipinski definition) is 1. The van der Waals surface area contributed by atoms with Crippen LogP contribution in [0.5, 0.6) is 0 Å². The number of aryl methyl sites for hydroxylation is 1. The predicted octanol–water partition coefficient (Wildman–Crippen LogP) is 1.08. The number of amides is 1. The van der Waals surface area contributed by atoms with Gasteiger partial charge >= 0.3 is 5.63 Å². The predicted molar refractivity (Wildman–Crippen MR) is 54.5 cm³/mol. The molecule has 4 nitrogen and oxygen atoms in total. The zero-order chi connectivity index (χ0) is 10.8. The van der Waals surface area contributed by atoms with Crippen molar-refractivity contribution in [3.05, 3.63) is 33.9 Å². The van der Waals surface area contributed by atoms with E-state index in [4.69, 9.17) is 5.73 Å². The van der Waals surface area contributed by atoms with Crippen molar-refractivity contribution >= 4 is 5.91 Å². The lowest BCUT2D eigenvalue weighted by Gasteiger charge is -2.03. The second-order valence-electron chi connectivity index (χ2n) is 3.98. The third kappa shape index (κ3) is 2.46. The molecule has 0 aromatic carbocycles. The van der Waals surface area contributed by atoms with Crippen LogP contribution in [-0.4, -0.2) is 5.91 Å². The zero-order valence-electron chi connectivity index (χ0n) is 8.36. The molecule has 1 amide bonds. The minimum Gasteiger partial charge on any atom is -0.430 e. The van der Waals surface area contributed by atoms with Gasteiger partial charge in [-0.2, -0.15) is 0 Å². The molecule has 0 saturated heterocycles. The Kier molecular flexibility index (Phi) is 2.58. The SMILES string of the molecule is NC(=O)c1coc(=O)cc1CCC1CC1. The van der Waals surface area contributed by atoms with E-state index in [0.717, 1.165) is 25.0 Å². The van der Waals surface area contributed by atoms with Gasteiger partial charge in [-0.05, 0) is 24.3 Å². The Morgan fingerprint density at radius 3 is 2.87 bits per heavy atom. The fourth-order valence-corrected chi connectivity index (χ4v) is 1.64. The largest absolute Gasteiger partial charge is 0.430 e. The average molecular weight is 207 g/mol. The molecule has 1 saturated carbocycles. The summed E-state index contributed by atoms with van der Waals surface area (Å²) in [6, 6.07) is 1.36. The first-order valence-corrected chi connectivity index (χ1v) is 5.08. The molecule has 1 aromatic heterocycles. The van der Waals surface area contributed by atoms with Gasteiger partial charge in [-0.3, -0.25) is 4.79 Å². The number of nitrogens with two attached hydrogens (primary N) is 1. The number of carbonyl (C=O) groups excluding carboxylic acids is 1. The van der Waals surface area contributed by atoms with Gasteiger partial charge in [0.25, 0.3) is 5.91 Å². The average Bonchev–Trinajstić information content (AvgIpc) is 2.97. The van der Waals surface area contributed by atoms with E-state index in [2.05, 4.69) is 4.42 Å². The molecule has 0 radical (unpaired) electrons. The van der Waals surface area contributed by atoms with Gasteiger partial charge in [-0.1, -0.05) is 12.8 Å². The van der Waals surface area contributed by atoms with Crippen LogP contribution in [0.15, 0.2) is 21.5 Å². The lowest BCUT2D eigenvalue weighted by Crippen LogP contribution is -2.16. The highest BCUT2D eigenvalue weighted by Crippen LogP contribution is 2.33. The van der Waals surface area contributed by atoms with Gasteiger partial charge in [0.2, 0.25) is 0 Å². The fourth-order valence-electron chi connectivity index (χ4n) is 1.64. The van der Waals surface area contributed by atoms with Crippen LogP contribution in [0.25, 0.3) is 0 Å². The van der Waals surface area contributed by atoms with Crippen molar-refractivity contribution in [3.8, 4) is 0 Å². The van der Waals surface area contributed by atoms with E-state index in [-0.39, 0.29) is 0 Å². The van der Waals surface area contributed by atoms with E-state index in [1.165, 1.54) is 18.9 Å². The summed E-state index contributed by atoms with van der Waals surface area (Å²) in [6.07, 6.45) is 5.42. The van der Waals surface area contributed by atoms with Crippen LogP contribution in [0.1, 0.15) is 35.2 Å². The highest BCUT2D eigenvalue weighted by atomic mass is 16.4. The Labute approximate surface area is 87.1 Å². The van der Waals surface area contributed by atoms with Crippen molar-refractivity contribution in [3.63, 3.8) is 0 Å². The summed E-state index contributed by atoms with van der Waals surface area (Å²) < 4.78 is 4.63. The monoisotopic (exact) mass is 207 g/mol. The summed E-state index contributed by atoms with van der Waals surface area (Å²) in [5.74, 6) is 0.225. The van der Waals surface area contributed by atoms with Gasteiger partial charge in [-0.15, -0.1) is 0 Å². The van der Waals surface area contributed by atoms with Crippen LogP contribution >= 0.6 is 0 Å². The standard InChI is InChI=1S/C11H13NO3/c12-11(14)9-6-15-10(13)5-8(9)4-3-7-1-2-7/h5-7H,1-4H2,(H2,12,14). The van der Waals surface area contributed by atoms with Crippen molar-refractivity contribution in [2.45, 2.75) is 25.7 Å². The lowest BCUT2D eigenvalue weighted by atomic mass is 10.0. The molecule has 1 fully saturated rings. The normalized spacial score (nSPS) is 15.2. The van der Waals surface area contributed by atoms with Crippen molar-refractivity contribution in [1.29, 1.82) is 0 Å². The highest BCUT2D eigenvalue weighted by molar-refractivity contribution is 5.93. The van der Waals surface area contributed by atoms with Gasteiger partial charge in [0.1, 0.15) is 6.26 Å². The highest BCUT2D eigenvalue weighted by Gasteiger charge is 2.21. The molecule has 2 rings (SSSR count). The number of primary amides is 1. The molecule has 1 aromatic rings. The van der Waals surface area contributed by atoms with Gasteiger partial charge in [0, 0.05) is 6.07 Å². The summed E-state index contributed by atoms with van der Waals surface area (Å²) in [6.45, 7) is 0. The van der Waals surface area contributed by atoms with Gasteiger partial charge in [0.15, 0.2) is 0 Å². The summed E-state index contributed by atoms with van der Waals surface area (Å²) in [4.78, 5) is 22.1. The van der Waals surface area contributed by atoms with Gasteiger partial charge < -0.3 is 10.2 Å². The third-order valence-electron chi connectivity index (χ3n) is 2.72. The first-order chi connectivity index (χ1) is 7.16. The molecule has 0 atom stereocenters. The molecule has 1 aliphatic carbocycles. The van der Waals surface area contributed by atoms with Crippen molar-refractivity contribution in [2.24, 2.45) is 11.7 Å². The molecule has 2 N–H and O–H groups in total. The number of hydrogen-bond acceptors (Lipinski definition) is 3. The van der Waals surface area contributed by atoms with Gasteiger partial charge in [-0.25, -0.2) is 4.79 Å². The smallest absolute Gasteiger partial charge is 0.335 e. The second-order valence-corrected chi connectivity index (χ2v) is 3.98. The van der Waals surface area contributed by atoms with Crippen molar-refractivity contribution < 1.29 is 9.21 Å². The van der Waals surface area contributed by atoms with E-state index < -0.39 is 11.5 Å². The Morgan fingerprint density at radius 1 is 1.53 bits per heavy atom. The van der Waals surface area contributed by atoms with Crippen molar-refractivity contribution in [1.82, 2.24) is 0 Å². The molecule has 0 aliphatic heterocycles. The van der Waals surface area contributed by atoms with Crippen LogP contribution in [-0.2, 0) is 6.42 Å². The first-order valence-electron chi connectivity index (χ1n) is 5.08. The molecular weight excluding hydrogens is 194 g/mol. The zero-order valence-corrected chi connectivity index (χ0v) is 8.36. The van der Waals surface area contributed by atoms with E-state index >= 15 is 0 Å². The van der Waals surface area contributed by atoms with Gasteiger partial charge in [0.05, 0.1) is 5.56 Å². The molecule has 0 spiro atoms. The maximum atomic E-state index is 11.1. The van der Waals surface area contributed by atoms with Crippen LogP contribution in [0.2, 0.25) is 0 Å². The molecule has 0 unspecified atom stereocenters. The topological polar surface area (TPSA) is 73.3 Å². The van der Waals surface area contributed by atoms with Crippen LogP contribution in [0.3, 0.4) is 0 Å². The summed E-state index contributed by atoms with van der Waals surface area (Å²) in [7, 11) is 0. The molecule has 0 bridgehead atoms. The minimum atomic E-state index is -0.537. The van der Waals surface area contributed by atoms with Crippen molar-refractivity contribution in [2.75, 3.05) is 0 Å². The number of rotatable bonds is 4. The Balaban J connectivity index is 2.20. The Morgan fingerprint density at radius 2 is 2.27 bits per heavy atom. The van der Waals surface area contributed by atoms with E-state index in [9.17, 15) is 9.59 Å². The van der Waals surface area contributed by atoms with Crippen LogP contribution < -0.4 is 11.4 Å². The van der Waals surface area contributed by atoms with Crippen LogP contribution in [0.4, 0.5) is 0 Å². The maximum absolute atomic E-state index is 11.1. The van der Waals surface area contributed by atoms with E-state index in [0.29, 0.717) is 11.1 Å². The molecule has 1 aliphatic rings. The minimum absolute atomic E-state index is 0.329. The Hall–Kier alpha value is -1.58. The first kappa shape index (κ1) is 9.96. The lowest BCUT2D eigenvalue weighted by molar-refractivity contribution is 0.0997. The van der Waals surface area contributed by atoms with E-state index in [1.54, 1.807) is 0 Å². The summed E-state index contributed by atoms with van der Waals surface area (Å²) in [5.41, 5.74) is 5.80. The summed E-state index contributed by atoms with van der Waals surface area (Å²) >= 11 is 0. The quantitative estimate of drug-likeness (QED) is 0.802. The van der Waals surface area contributed by atoms with E-state index in [1.807, 2.05) is 0 Å². The second kappa shape index (κ2) is 3.88. The maximum Gasteiger partial charge on any atom is 0.335 e. The molecule has 15 heavy (non-hydrogen) atoms. The molecule has 4 heteroatoms. The molecule has 80 valence electrons. The summed E-state index contributed by atoms with van der Waals surface area (Å²) in [5, 5.41) is 0.